The molecule has 6 nitrogen and oxygen atoms in total. The second kappa shape index (κ2) is 9.33. The van der Waals surface area contributed by atoms with Gasteiger partial charge in [-0.2, -0.15) is 10.2 Å². The van der Waals surface area contributed by atoms with Crippen LogP contribution in [0.3, 0.4) is 0 Å². The van der Waals surface area contributed by atoms with Crippen LogP contribution in [0.2, 0.25) is 0 Å². The molecule has 138 valence electrons. The van der Waals surface area contributed by atoms with E-state index in [9.17, 15) is 4.79 Å². The maximum Gasteiger partial charge on any atom is 0.289 e. The zero-order chi connectivity index (χ0) is 18.9. The number of benzene rings is 2. The molecule has 3 rings (SSSR count). The molecule has 0 aliphatic carbocycles. The number of nitrogens with one attached hydrogen (secondary N) is 2. The van der Waals surface area contributed by atoms with Crippen molar-refractivity contribution < 1.29 is 9.53 Å². The van der Waals surface area contributed by atoms with E-state index in [2.05, 4.69) is 27.6 Å². The van der Waals surface area contributed by atoms with Crippen LogP contribution < -0.4 is 10.2 Å². The molecule has 27 heavy (non-hydrogen) atoms. The summed E-state index contributed by atoms with van der Waals surface area (Å²) in [6.45, 7) is 2.84. The number of ether oxygens (including phenoxy) is 1. The van der Waals surface area contributed by atoms with Gasteiger partial charge < -0.3 is 4.74 Å². The summed E-state index contributed by atoms with van der Waals surface area (Å²) in [5, 5.41) is 10.9. The van der Waals surface area contributed by atoms with E-state index in [1.807, 2.05) is 54.6 Å². The first-order valence-electron chi connectivity index (χ1n) is 8.93. The summed E-state index contributed by atoms with van der Waals surface area (Å²) in [6.07, 6.45) is 3.73. The van der Waals surface area contributed by atoms with Crippen LogP contribution in [-0.4, -0.2) is 28.9 Å². The van der Waals surface area contributed by atoms with Crippen molar-refractivity contribution in [2.45, 2.75) is 19.8 Å². The van der Waals surface area contributed by atoms with Crippen LogP contribution in [0.4, 0.5) is 0 Å². The van der Waals surface area contributed by atoms with E-state index in [4.69, 9.17) is 4.74 Å². The van der Waals surface area contributed by atoms with Gasteiger partial charge in [0.05, 0.1) is 18.5 Å². The SMILES string of the molecule is CCCCOc1ccc(-c2cc(C(=O)NN=Cc3ccccc3)[nH]n2)cc1. The van der Waals surface area contributed by atoms with Crippen LogP contribution in [-0.2, 0) is 0 Å². The molecular formula is C21H22N4O2. The first-order valence-corrected chi connectivity index (χ1v) is 8.93. The molecule has 0 saturated carbocycles. The third-order valence-corrected chi connectivity index (χ3v) is 3.92. The highest BCUT2D eigenvalue weighted by Crippen LogP contribution is 2.21. The number of hydrogen-bond donors (Lipinski definition) is 2. The molecule has 3 aromatic rings. The average Bonchev–Trinajstić information content (AvgIpc) is 3.20. The molecule has 0 spiro atoms. The predicted molar refractivity (Wildman–Crippen MR) is 106 cm³/mol. The van der Waals surface area contributed by atoms with Gasteiger partial charge in [0.25, 0.3) is 5.91 Å². The number of rotatable bonds is 8. The lowest BCUT2D eigenvalue weighted by atomic mass is 10.1. The van der Waals surface area contributed by atoms with E-state index in [0.29, 0.717) is 18.0 Å². The fourth-order valence-electron chi connectivity index (χ4n) is 2.41. The van der Waals surface area contributed by atoms with Gasteiger partial charge in [-0.05, 0) is 42.3 Å². The predicted octanol–water partition coefficient (Wildman–Crippen LogP) is 4.02. The van der Waals surface area contributed by atoms with Crippen molar-refractivity contribution in [2.75, 3.05) is 6.61 Å². The van der Waals surface area contributed by atoms with Crippen molar-refractivity contribution in [3.8, 4) is 17.0 Å². The zero-order valence-electron chi connectivity index (χ0n) is 15.2. The molecule has 0 aliphatic rings. The van der Waals surface area contributed by atoms with Crippen molar-refractivity contribution in [1.29, 1.82) is 0 Å². The summed E-state index contributed by atoms with van der Waals surface area (Å²) in [6, 6.07) is 18.9. The lowest BCUT2D eigenvalue weighted by Gasteiger charge is -2.05. The van der Waals surface area contributed by atoms with Gasteiger partial charge in [0.15, 0.2) is 0 Å². The van der Waals surface area contributed by atoms with Gasteiger partial charge in [0.2, 0.25) is 0 Å². The molecule has 0 bridgehead atoms. The van der Waals surface area contributed by atoms with Gasteiger partial charge in [0.1, 0.15) is 11.4 Å². The third kappa shape index (κ3) is 5.28. The number of carbonyl (C=O) groups is 1. The minimum Gasteiger partial charge on any atom is -0.494 e. The average molecular weight is 362 g/mol. The summed E-state index contributed by atoms with van der Waals surface area (Å²) in [4.78, 5) is 12.2. The Morgan fingerprint density at radius 3 is 2.70 bits per heavy atom. The molecule has 1 heterocycles. The molecule has 0 fully saturated rings. The van der Waals surface area contributed by atoms with Gasteiger partial charge in [-0.15, -0.1) is 0 Å². The Hall–Kier alpha value is -3.41. The first kappa shape index (κ1) is 18.4. The molecule has 0 saturated heterocycles. The number of aromatic amines is 1. The largest absolute Gasteiger partial charge is 0.494 e. The Morgan fingerprint density at radius 1 is 1.19 bits per heavy atom. The monoisotopic (exact) mass is 362 g/mol. The number of H-pyrrole nitrogens is 1. The highest BCUT2D eigenvalue weighted by Gasteiger charge is 2.10. The first-order chi connectivity index (χ1) is 13.3. The minimum absolute atomic E-state index is 0.346. The Balaban J connectivity index is 1.58. The third-order valence-electron chi connectivity index (χ3n) is 3.92. The summed E-state index contributed by atoms with van der Waals surface area (Å²) in [7, 11) is 0. The maximum atomic E-state index is 12.2. The summed E-state index contributed by atoms with van der Waals surface area (Å²) < 4.78 is 5.65. The summed E-state index contributed by atoms with van der Waals surface area (Å²) >= 11 is 0. The molecule has 1 amide bonds. The molecule has 2 aromatic carbocycles. The smallest absolute Gasteiger partial charge is 0.289 e. The van der Waals surface area contributed by atoms with Gasteiger partial charge >= 0.3 is 0 Å². The molecule has 0 unspecified atom stereocenters. The number of amides is 1. The summed E-state index contributed by atoms with van der Waals surface area (Å²) in [5.74, 6) is 0.483. The standard InChI is InChI=1S/C21H22N4O2/c1-2-3-13-27-18-11-9-17(10-12-18)19-14-20(24-23-19)21(26)25-22-15-16-7-5-4-6-8-16/h4-12,14-15H,2-3,13H2,1H3,(H,23,24)(H,25,26). The van der Waals surface area contributed by atoms with Crippen molar-refractivity contribution in [1.82, 2.24) is 15.6 Å². The lowest BCUT2D eigenvalue weighted by Crippen LogP contribution is -2.17. The quantitative estimate of drug-likeness (QED) is 0.361. The minimum atomic E-state index is -0.347. The topological polar surface area (TPSA) is 79.4 Å². The van der Waals surface area contributed by atoms with Crippen LogP contribution >= 0.6 is 0 Å². The Labute approximate surface area is 158 Å². The molecule has 0 aliphatic heterocycles. The van der Waals surface area contributed by atoms with Gasteiger partial charge in [0, 0.05) is 5.56 Å². The fourth-order valence-corrected chi connectivity index (χ4v) is 2.41. The van der Waals surface area contributed by atoms with Crippen molar-refractivity contribution in [3.05, 3.63) is 71.9 Å². The number of nitrogens with zero attached hydrogens (tertiary/aromatic N) is 2. The van der Waals surface area contributed by atoms with E-state index in [1.54, 1.807) is 12.3 Å². The highest BCUT2D eigenvalue weighted by molar-refractivity contribution is 5.94. The van der Waals surface area contributed by atoms with Crippen LogP contribution in [0, 0.1) is 0 Å². The molecule has 0 atom stereocenters. The van der Waals surface area contributed by atoms with Gasteiger partial charge in [-0.1, -0.05) is 43.7 Å². The normalized spacial score (nSPS) is 10.9. The van der Waals surface area contributed by atoms with E-state index in [-0.39, 0.29) is 5.91 Å². The van der Waals surface area contributed by atoms with Crippen molar-refractivity contribution in [2.24, 2.45) is 5.10 Å². The summed E-state index contributed by atoms with van der Waals surface area (Å²) in [5.41, 5.74) is 5.33. The molecule has 2 N–H and O–H groups in total. The van der Waals surface area contributed by atoms with E-state index in [0.717, 1.165) is 29.7 Å². The molecule has 0 radical (unpaired) electrons. The Morgan fingerprint density at radius 2 is 1.96 bits per heavy atom. The van der Waals surface area contributed by atoms with Gasteiger partial charge in [-0.25, -0.2) is 5.43 Å². The van der Waals surface area contributed by atoms with Crippen molar-refractivity contribution >= 4 is 12.1 Å². The Bertz CT molecular complexity index is 886. The number of carbonyl (C=O) groups excluding carboxylic acids is 1. The molecular weight excluding hydrogens is 340 g/mol. The van der Waals surface area contributed by atoms with Crippen LogP contribution in [0.5, 0.6) is 5.75 Å². The zero-order valence-corrected chi connectivity index (χ0v) is 15.2. The van der Waals surface area contributed by atoms with Gasteiger partial charge in [-0.3, -0.25) is 9.89 Å². The second-order valence-corrected chi connectivity index (χ2v) is 6.00. The van der Waals surface area contributed by atoms with E-state index in [1.165, 1.54) is 0 Å². The molecule has 6 heteroatoms. The van der Waals surface area contributed by atoms with Crippen LogP contribution in [0.15, 0.2) is 65.8 Å². The number of aromatic nitrogens is 2. The number of hydrogen-bond acceptors (Lipinski definition) is 4. The van der Waals surface area contributed by atoms with E-state index >= 15 is 0 Å². The highest BCUT2D eigenvalue weighted by atomic mass is 16.5. The Kier molecular flexibility index (Phi) is 6.35. The number of hydrazone groups is 1. The second-order valence-electron chi connectivity index (χ2n) is 6.00. The maximum absolute atomic E-state index is 12.2. The molecule has 1 aromatic heterocycles. The van der Waals surface area contributed by atoms with E-state index < -0.39 is 0 Å². The number of unbranched alkanes of at least 4 members (excludes halogenated alkanes) is 1. The lowest BCUT2D eigenvalue weighted by molar-refractivity contribution is 0.0950. The van der Waals surface area contributed by atoms with Crippen LogP contribution in [0.1, 0.15) is 35.8 Å². The fraction of sp³-hybridized carbons (Fsp3) is 0.190. The van der Waals surface area contributed by atoms with Crippen molar-refractivity contribution in [3.63, 3.8) is 0 Å². The van der Waals surface area contributed by atoms with Crippen LogP contribution in [0.25, 0.3) is 11.3 Å².